The summed E-state index contributed by atoms with van der Waals surface area (Å²) in [6, 6.07) is -1.89. The molecule has 0 saturated heterocycles. The minimum absolute atomic E-state index is 0.164. The van der Waals surface area contributed by atoms with E-state index in [0.29, 0.717) is 0 Å². The van der Waals surface area contributed by atoms with E-state index < -0.39 is 35.0 Å². The van der Waals surface area contributed by atoms with Gasteiger partial charge in [0.2, 0.25) is 6.04 Å². The smallest absolute Gasteiger partial charge is 0.264 e. The molecular formula is C7H5F4NO2. The van der Waals surface area contributed by atoms with Crippen LogP contribution >= 0.6 is 0 Å². The third kappa shape index (κ3) is 2.09. The third-order valence-electron chi connectivity index (χ3n) is 1.77. The van der Waals surface area contributed by atoms with Gasteiger partial charge >= 0.3 is 6.18 Å². The highest BCUT2D eigenvalue weighted by atomic mass is 19.4. The molecule has 0 aliphatic heterocycles. The third-order valence-corrected chi connectivity index (χ3v) is 1.77. The molecule has 0 aromatic heterocycles. The lowest BCUT2D eigenvalue weighted by Gasteiger charge is -2.17. The Morgan fingerprint density at radius 3 is 2.50 bits per heavy atom. The van der Waals surface area contributed by atoms with Gasteiger partial charge in [0.15, 0.2) is 0 Å². The summed E-state index contributed by atoms with van der Waals surface area (Å²) in [5, 5.41) is 10.2. The molecule has 1 aliphatic carbocycles. The van der Waals surface area contributed by atoms with Gasteiger partial charge in [0, 0.05) is 11.3 Å². The van der Waals surface area contributed by atoms with Crippen molar-refractivity contribution in [1.82, 2.24) is 0 Å². The second kappa shape index (κ2) is 3.39. The second-order valence-electron chi connectivity index (χ2n) is 2.72. The van der Waals surface area contributed by atoms with Crippen molar-refractivity contribution in [2.75, 3.05) is 0 Å². The molecule has 1 atom stereocenters. The molecule has 0 aromatic carbocycles. The molecule has 3 nitrogen and oxygen atoms in total. The fourth-order valence-electron chi connectivity index (χ4n) is 1.13. The van der Waals surface area contributed by atoms with E-state index in [-0.39, 0.29) is 6.08 Å². The maximum absolute atomic E-state index is 12.5. The lowest BCUT2D eigenvalue weighted by atomic mass is 9.98. The van der Waals surface area contributed by atoms with E-state index in [1.165, 1.54) is 0 Å². The van der Waals surface area contributed by atoms with Crippen molar-refractivity contribution < 1.29 is 22.5 Å². The summed E-state index contributed by atoms with van der Waals surface area (Å²) in [6.07, 6.45) is -4.49. The monoisotopic (exact) mass is 211 g/mol. The van der Waals surface area contributed by atoms with E-state index in [4.69, 9.17) is 0 Å². The molecule has 0 amide bonds. The maximum Gasteiger partial charge on any atom is 0.419 e. The summed E-state index contributed by atoms with van der Waals surface area (Å²) in [7, 11) is 0. The molecule has 0 heterocycles. The summed E-state index contributed by atoms with van der Waals surface area (Å²) in [5.41, 5.74) is -1.44. The van der Waals surface area contributed by atoms with Gasteiger partial charge in [-0.1, -0.05) is 0 Å². The predicted octanol–water partition coefficient (Wildman–Crippen LogP) is 2.38. The normalized spacial score (nSPS) is 22.7. The van der Waals surface area contributed by atoms with Gasteiger partial charge in [-0.15, -0.1) is 0 Å². The lowest BCUT2D eigenvalue weighted by Crippen LogP contribution is -2.31. The van der Waals surface area contributed by atoms with Crippen molar-refractivity contribution in [2.45, 2.75) is 18.6 Å². The first-order valence-corrected chi connectivity index (χ1v) is 3.60. The van der Waals surface area contributed by atoms with E-state index in [2.05, 4.69) is 0 Å². The Balaban J connectivity index is 3.06. The van der Waals surface area contributed by atoms with Crippen molar-refractivity contribution in [3.8, 4) is 0 Å². The molecule has 1 unspecified atom stereocenters. The van der Waals surface area contributed by atoms with Crippen molar-refractivity contribution in [3.05, 3.63) is 33.7 Å². The maximum atomic E-state index is 12.5. The summed E-state index contributed by atoms with van der Waals surface area (Å²) >= 11 is 0. The van der Waals surface area contributed by atoms with Crippen LogP contribution in [0.4, 0.5) is 17.6 Å². The molecule has 0 aromatic rings. The van der Waals surface area contributed by atoms with Gasteiger partial charge in [-0.3, -0.25) is 10.1 Å². The molecule has 14 heavy (non-hydrogen) atoms. The Hall–Kier alpha value is -1.40. The largest absolute Gasteiger partial charge is 0.419 e. The van der Waals surface area contributed by atoms with Gasteiger partial charge in [-0.2, -0.15) is 13.2 Å². The number of allylic oxidation sites excluding steroid dienone is 2. The first kappa shape index (κ1) is 10.7. The zero-order chi connectivity index (χ0) is 10.9. The fourth-order valence-corrected chi connectivity index (χ4v) is 1.13. The average Bonchev–Trinajstić information content (AvgIpc) is 2.01. The van der Waals surface area contributed by atoms with Crippen LogP contribution in [0, 0.1) is 10.1 Å². The van der Waals surface area contributed by atoms with Crippen molar-refractivity contribution in [2.24, 2.45) is 0 Å². The molecule has 0 saturated carbocycles. The zero-order valence-electron chi connectivity index (χ0n) is 6.71. The van der Waals surface area contributed by atoms with Crippen LogP contribution in [0.1, 0.15) is 6.42 Å². The fraction of sp³-hybridized carbons (Fsp3) is 0.429. The van der Waals surface area contributed by atoms with Gasteiger partial charge in [0.25, 0.3) is 0 Å². The van der Waals surface area contributed by atoms with E-state index in [0.717, 1.165) is 6.08 Å². The highest BCUT2D eigenvalue weighted by molar-refractivity contribution is 5.29. The standard InChI is InChI=1S/C7H5F4NO2/c8-4-1-2-6(12(13)14)5(3-4)7(9,10)11/h1,3,6H,2H2. The van der Waals surface area contributed by atoms with Gasteiger partial charge < -0.3 is 0 Å². The Morgan fingerprint density at radius 2 is 2.07 bits per heavy atom. The summed E-state index contributed by atoms with van der Waals surface area (Å²) in [6.45, 7) is 0. The Morgan fingerprint density at radius 1 is 1.50 bits per heavy atom. The first-order valence-electron chi connectivity index (χ1n) is 3.60. The van der Waals surface area contributed by atoms with E-state index in [1.807, 2.05) is 0 Å². The second-order valence-corrected chi connectivity index (χ2v) is 2.72. The number of hydrogen-bond acceptors (Lipinski definition) is 2. The topological polar surface area (TPSA) is 43.1 Å². The van der Waals surface area contributed by atoms with Crippen molar-refractivity contribution >= 4 is 0 Å². The lowest BCUT2D eigenvalue weighted by molar-refractivity contribution is -0.515. The number of nitrogens with zero attached hydrogens (tertiary/aromatic N) is 1. The number of hydrogen-bond donors (Lipinski definition) is 0. The molecule has 1 rings (SSSR count). The highest BCUT2D eigenvalue weighted by Gasteiger charge is 2.45. The summed E-state index contributed by atoms with van der Waals surface area (Å²) in [4.78, 5) is 9.16. The molecule has 1 aliphatic rings. The average molecular weight is 211 g/mol. The molecule has 7 heteroatoms. The van der Waals surface area contributed by atoms with Crippen LogP contribution < -0.4 is 0 Å². The number of halogens is 4. The Bertz CT molecular complexity index is 318. The van der Waals surface area contributed by atoms with Gasteiger partial charge in [0.05, 0.1) is 0 Å². The Labute approximate surface area is 75.9 Å². The van der Waals surface area contributed by atoms with Crippen molar-refractivity contribution in [1.29, 1.82) is 0 Å². The van der Waals surface area contributed by atoms with Crippen LogP contribution in [0.15, 0.2) is 23.6 Å². The van der Waals surface area contributed by atoms with Gasteiger partial charge in [-0.05, 0) is 12.2 Å². The minimum Gasteiger partial charge on any atom is -0.264 e. The number of rotatable bonds is 1. The molecular weight excluding hydrogens is 206 g/mol. The molecule has 0 spiro atoms. The van der Waals surface area contributed by atoms with Crippen LogP contribution in [0.25, 0.3) is 0 Å². The van der Waals surface area contributed by atoms with Gasteiger partial charge in [0.1, 0.15) is 11.4 Å². The van der Waals surface area contributed by atoms with Crippen LogP contribution in [0.2, 0.25) is 0 Å². The van der Waals surface area contributed by atoms with E-state index >= 15 is 0 Å². The molecule has 0 N–H and O–H groups in total. The zero-order valence-corrected chi connectivity index (χ0v) is 6.71. The quantitative estimate of drug-likeness (QED) is 0.379. The van der Waals surface area contributed by atoms with E-state index in [9.17, 15) is 27.7 Å². The molecule has 0 radical (unpaired) electrons. The van der Waals surface area contributed by atoms with Crippen molar-refractivity contribution in [3.63, 3.8) is 0 Å². The van der Waals surface area contributed by atoms with Crippen LogP contribution in [-0.4, -0.2) is 17.1 Å². The minimum atomic E-state index is -4.86. The molecule has 0 bridgehead atoms. The van der Waals surface area contributed by atoms with E-state index in [1.54, 1.807) is 0 Å². The van der Waals surface area contributed by atoms with Crippen LogP contribution in [-0.2, 0) is 0 Å². The SMILES string of the molecule is O=[N+]([O-])C1CC=C(F)C=C1C(F)(F)F. The predicted molar refractivity (Wildman–Crippen MR) is 38.7 cm³/mol. The van der Waals surface area contributed by atoms with Crippen LogP contribution in [0.3, 0.4) is 0 Å². The summed E-state index contributed by atoms with van der Waals surface area (Å²) < 4.78 is 48.9. The van der Waals surface area contributed by atoms with Crippen LogP contribution in [0.5, 0.6) is 0 Å². The molecule has 0 fully saturated rings. The Kier molecular flexibility index (Phi) is 2.59. The number of nitro groups is 1. The number of alkyl halides is 3. The first-order chi connectivity index (χ1) is 6.32. The molecule has 78 valence electrons. The summed E-state index contributed by atoms with van der Waals surface area (Å²) in [5.74, 6) is -1.09. The van der Waals surface area contributed by atoms with Gasteiger partial charge in [-0.25, -0.2) is 4.39 Å². The highest BCUT2D eigenvalue weighted by Crippen LogP contribution is 2.34.